The van der Waals surface area contributed by atoms with Crippen LogP contribution >= 0.6 is 8.03 Å². The van der Waals surface area contributed by atoms with Crippen LogP contribution in [0.4, 0.5) is 0 Å². The molecule has 0 saturated carbocycles. The number of aliphatic hydroxyl groups is 1. The van der Waals surface area contributed by atoms with Crippen molar-refractivity contribution in [3.05, 3.63) is 0 Å². The summed E-state index contributed by atoms with van der Waals surface area (Å²) in [5, 5.41) is 9.21. The third-order valence-electron chi connectivity index (χ3n) is 1.79. The van der Waals surface area contributed by atoms with Crippen LogP contribution in [0.3, 0.4) is 0 Å². The van der Waals surface area contributed by atoms with Crippen molar-refractivity contribution >= 4 is 13.8 Å². The van der Waals surface area contributed by atoms with Gasteiger partial charge < -0.3 is 5.11 Å². The molecule has 70 valence electrons. The highest BCUT2D eigenvalue weighted by Gasteiger charge is 2.27. The number of carbonyl (C=O) groups excluding carboxylic acids is 1. The fourth-order valence-corrected chi connectivity index (χ4v) is 1.40. The van der Waals surface area contributed by atoms with Gasteiger partial charge in [-0.2, -0.15) is 4.89 Å². The predicted octanol–water partition coefficient (Wildman–Crippen LogP) is 0.697. The fourth-order valence-electron chi connectivity index (χ4n) is 0.845. The molecule has 0 aromatic rings. The second-order valence-corrected chi connectivity index (χ2v) is 3.76. The molecule has 3 atom stereocenters. The van der Waals surface area contributed by atoms with Crippen molar-refractivity contribution in [2.45, 2.75) is 26.4 Å². The van der Waals surface area contributed by atoms with Gasteiger partial charge in [0.1, 0.15) is 0 Å². The Balaban J connectivity index is 4.01. The van der Waals surface area contributed by atoms with Gasteiger partial charge >= 0.3 is 8.03 Å². The summed E-state index contributed by atoms with van der Waals surface area (Å²) in [5.74, 6) is -0.894. The summed E-state index contributed by atoms with van der Waals surface area (Å²) in [6.07, 6.45) is -0.574. The molecular formula is C7H14O4P+. The monoisotopic (exact) mass is 193 g/mol. The molecule has 0 aliphatic rings. The van der Waals surface area contributed by atoms with Gasteiger partial charge in [-0.05, 0) is 11.0 Å². The van der Waals surface area contributed by atoms with E-state index in [2.05, 4.69) is 0 Å². The van der Waals surface area contributed by atoms with E-state index in [9.17, 15) is 14.5 Å². The summed E-state index contributed by atoms with van der Waals surface area (Å²) in [5.41, 5.74) is 0. The average molecular weight is 193 g/mol. The minimum atomic E-state index is -2.41. The SMILES string of the molecule is CC[C@H](O)[C@@H](C)C(=O)C[P+](=O)O. The van der Waals surface area contributed by atoms with Gasteiger partial charge in [0.05, 0.1) is 6.10 Å². The van der Waals surface area contributed by atoms with E-state index in [4.69, 9.17) is 4.89 Å². The maximum atomic E-state index is 11.0. The van der Waals surface area contributed by atoms with E-state index < -0.39 is 20.0 Å². The molecule has 0 fully saturated rings. The van der Waals surface area contributed by atoms with E-state index in [1.807, 2.05) is 0 Å². The lowest BCUT2D eigenvalue weighted by Crippen LogP contribution is -2.26. The highest BCUT2D eigenvalue weighted by molar-refractivity contribution is 7.39. The minimum Gasteiger partial charge on any atom is -0.392 e. The Bertz CT molecular complexity index is 180. The van der Waals surface area contributed by atoms with Crippen molar-refractivity contribution in [1.82, 2.24) is 0 Å². The average Bonchev–Trinajstić information content (AvgIpc) is 2.00. The molecule has 0 aliphatic carbocycles. The standard InChI is InChI=1S/C7H13O4P/c1-3-6(8)5(2)7(9)4-12(10)11/h5-6,8H,3-4H2,1-2H3/p+1/t5-,6+/m1/s1. The van der Waals surface area contributed by atoms with Crippen molar-refractivity contribution < 1.29 is 19.4 Å². The lowest BCUT2D eigenvalue weighted by atomic mass is 9.99. The number of carbonyl (C=O) groups is 1. The van der Waals surface area contributed by atoms with Crippen LogP contribution in [-0.2, 0) is 9.36 Å². The van der Waals surface area contributed by atoms with E-state index in [1.54, 1.807) is 13.8 Å². The predicted molar refractivity (Wildman–Crippen MR) is 45.2 cm³/mol. The molecule has 2 N–H and O–H groups in total. The first-order valence-corrected chi connectivity index (χ1v) is 5.23. The smallest absolute Gasteiger partial charge is 0.392 e. The fraction of sp³-hybridized carbons (Fsp3) is 0.857. The maximum Gasteiger partial charge on any atom is 0.513 e. The first-order chi connectivity index (χ1) is 5.49. The summed E-state index contributed by atoms with van der Waals surface area (Å²) in [6, 6.07) is 0. The first-order valence-electron chi connectivity index (χ1n) is 3.83. The van der Waals surface area contributed by atoms with Crippen LogP contribution in [0.25, 0.3) is 0 Å². The zero-order chi connectivity index (χ0) is 9.72. The first kappa shape index (κ1) is 11.7. The van der Waals surface area contributed by atoms with Gasteiger partial charge in [0.15, 0.2) is 5.78 Å². The third-order valence-corrected chi connectivity index (χ3v) is 2.38. The molecule has 0 bridgehead atoms. The topological polar surface area (TPSA) is 74.6 Å². The molecule has 1 unspecified atom stereocenters. The normalized spacial score (nSPS) is 16.8. The Morgan fingerprint density at radius 2 is 2.08 bits per heavy atom. The summed E-state index contributed by atoms with van der Waals surface area (Å²) >= 11 is 0. The number of rotatable bonds is 5. The second-order valence-electron chi connectivity index (χ2n) is 2.74. The summed E-state index contributed by atoms with van der Waals surface area (Å²) in [4.78, 5) is 19.5. The Morgan fingerprint density at radius 3 is 2.42 bits per heavy atom. The van der Waals surface area contributed by atoms with E-state index in [1.165, 1.54) is 0 Å². The molecule has 0 amide bonds. The minimum absolute atomic E-state index is 0.354. The Morgan fingerprint density at radius 1 is 1.58 bits per heavy atom. The van der Waals surface area contributed by atoms with Gasteiger partial charge in [-0.3, -0.25) is 4.79 Å². The molecule has 5 heteroatoms. The zero-order valence-electron chi connectivity index (χ0n) is 7.23. The largest absolute Gasteiger partial charge is 0.513 e. The lowest BCUT2D eigenvalue weighted by molar-refractivity contribution is -0.123. The quantitative estimate of drug-likeness (QED) is 0.630. The molecule has 0 spiro atoms. The Kier molecular flexibility index (Phi) is 5.22. The molecule has 0 saturated heterocycles. The van der Waals surface area contributed by atoms with Crippen LogP contribution in [0.5, 0.6) is 0 Å². The van der Waals surface area contributed by atoms with Crippen LogP contribution in [0.15, 0.2) is 0 Å². The molecule has 4 nitrogen and oxygen atoms in total. The van der Waals surface area contributed by atoms with Crippen LogP contribution < -0.4 is 0 Å². The molecular weight excluding hydrogens is 179 g/mol. The highest BCUT2D eigenvalue weighted by atomic mass is 31.1. The second kappa shape index (κ2) is 5.36. The summed E-state index contributed by atoms with van der Waals surface area (Å²) in [7, 11) is -2.41. The lowest BCUT2D eigenvalue weighted by Gasteiger charge is -2.12. The summed E-state index contributed by atoms with van der Waals surface area (Å²) < 4.78 is 10.3. The van der Waals surface area contributed by atoms with E-state index >= 15 is 0 Å². The molecule has 0 aromatic heterocycles. The molecule has 0 heterocycles. The van der Waals surface area contributed by atoms with E-state index in [0.717, 1.165) is 0 Å². The van der Waals surface area contributed by atoms with Crippen LogP contribution in [0.2, 0.25) is 0 Å². The van der Waals surface area contributed by atoms with E-state index in [-0.39, 0.29) is 11.9 Å². The van der Waals surface area contributed by atoms with Crippen molar-refractivity contribution in [2.24, 2.45) is 5.92 Å². The third kappa shape index (κ3) is 3.90. The van der Waals surface area contributed by atoms with E-state index in [0.29, 0.717) is 6.42 Å². The Labute approximate surface area is 72.5 Å². The Hall–Kier alpha value is -0.310. The zero-order valence-corrected chi connectivity index (χ0v) is 8.12. The van der Waals surface area contributed by atoms with Gasteiger partial charge in [-0.25, -0.2) is 0 Å². The molecule has 0 aromatic carbocycles. The van der Waals surface area contributed by atoms with Crippen LogP contribution in [0, 0.1) is 5.92 Å². The van der Waals surface area contributed by atoms with Gasteiger partial charge in [-0.15, -0.1) is 0 Å². The summed E-state index contributed by atoms with van der Waals surface area (Å²) in [6.45, 7) is 3.32. The highest BCUT2D eigenvalue weighted by Crippen LogP contribution is 2.17. The van der Waals surface area contributed by atoms with Gasteiger partial charge in [0.25, 0.3) is 0 Å². The van der Waals surface area contributed by atoms with Gasteiger partial charge in [0, 0.05) is 5.92 Å². The van der Waals surface area contributed by atoms with Crippen LogP contribution in [-0.4, -0.2) is 28.0 Å². The number of hydrogen-bond donors (Lipinski definition) is 2. The van der Waals surface area contributed by atoms with Crippen molar-refractivity contribution in [2.75, 3.05) is 6.16 Å². The number of Topliss-reactive ketones (excluding diaryl/α,β-unsaturated/α-hetero) is 1. The maximum absolute atomic E-state index is 11.0. The van der Waals surface area contributed by atoms with Crippen molar-refractivity contribution in [3.63, 3.8) is 0 Å². The molecule has 0 rings (SSSR count). The molecule has 0 radical (unpaired) electrons. The van der Waals surface area contributed by atoms with Crippen molar-refractivity contribution in [1.29, 1.82) is 0 Å². The van der Waals surface area contributed by atoms with Gasteiger partial charge in [0.2, 0.25) is 6.16 Å². The number of ketones is 1. The van der Waals surface area contributed by atoms with Crippen LogP contribution in [0.1, 0.15) is 20.3 Å². The molecule has 12 heavy (non-hydrogen) atoms. The number of hydrogen-bond acceptors (Lipinski definition) is 3. The van der Waals surface area contributed by atoms with Gasteiger partial charge in [-0.1, -0.05) is 13.8 Å². The van der Waals surface area contributed by atoms with Crippen molar-refractivity contribution in [3.8, 4) is 0 Å². The molecule has 0 aliphatic heterocycles. The number of aliphatic hydroxyl groups excluding tert-OH is 1.